The molecule has 0 aliphatic heterocycles. The van der Waals surface area contributed by atoms with Crippen LogP contribution in [0.1, 0.15) is 43.0 Å². The molecule has 2 N–H and O–H groups in total. The van der Waals surface area contributed by atoms with E-state index < -0.39 is 6.04 Å². The Labute approximate surface area is 201 Å². The summed E-state index contributed by atoms with van der Waals surface area (Å²) < 4.78 is 5.85. The molecule has 178 valence electrons. The van der Waals surface area contributed by atoms with Crippen molar-refractivity contribution >= 4 is 11.8 Å². The van der Waals surface area contributed by atoms with Crippen molar-refractivity contribution in [3.63, 3.8) is 0 Å². The highest BCUT2D eigenvalue weighted by atomic mass is 16.5. The zero-order valence-electron chi connectivity index (χ0n) is 19.7. The van der Waals surface area contributed by atoms with Gasteiger partial charge < -0.3 is 15.4 Å². The summed E-state index contributed by atoms with van der Waals surface area (Å²) in [6.45, 7) is 2.99. The fourth-order valence-corrected chi connectivity index (χ4v) is 3.49. The molecule has 0 aliphatic rings. The Morgan fingerprint density at radius 2 is 1.71 bits per heavy atom. The van der Waals surface area contributed by atoms with Gasteiger partial charge >= 0.3 is 0 Å². The number of carbonyl (C=O) groups excluding carboxylic acids is 2. The van der Waals surface area contributed by atoms with E-state index in [1.165, 1.54) is 0 Å². The van der Waals surface area contributed by atoms with E-state index in [0.717, 1.165) is 35.4 Å². The number of benzene rings is 2. The maximum absolute atomic E-state index is 12.9. The van der Waals surface area contributed by atoms with Gasteiger partial charge in [-0.05, 0) is 41.8 Å². The van der Waals surface area contributed by atoms with Gasteiger partial charge in [0.05, 0.1) is 0 Å². The minimum absolute atomic E-state index is 0.102. The first-order valence-corrected chi connectivity index (χ1v) is 11.9. The van der Waals surface area contributed by atoms with Crippen molar-refractivity contribution in [1.82, 2.24) is 15.6 Å². The Morgan fingerprint density at radius 3 is 2.41 bits per heavy atom. The maximum atomic E-state index is 12.9. The third kappa shape index (κ3) is 8.70. The SMILES string of the molecule is CCCCC(=O)NC(Cc1ccc(OCc2ccccc2)cc1)C(=O)NCCc1ccccn1. The molecule has 0 spiro atoms. The van der Waals surface area contributed by atoms with E-state index >= 15 is 0 Å². The lowest BCUT2D eigenvalue weighted by Crippen LogP contribution is -2.48. The molecule has 1 aromatic heterocycles. The van der Waals surface area contributed by atoms with Crippen LogP contribution in [0.15, 0.2) is 79.0 Å². The molecular weight excluding hydrogens is 426 g/mol. The van der Waals surface area contributed by atoms with Crippen LogP contribution in [0.25, 0.3) is 0 Å². The first-order chi connectivity index (χ1) is 16.6. The van der Waals surface area contributed by atoms with Gasteiger partial charge in [0, 0.05) is 37.7 Å². The number of nitrogens with zero attached hydrogens (tertiary/aromatic N) is 1. The van der Waals surface area contributed by atoms with Crippen LogP contribution >= 0.6 is 0 Å². The normalized spacial score (nSPS) is 11.4. The van der Waals surface area contributed by atoms with Gasteiger partial charge in [-0.2, -0.15) is 0 Å². The number of amides is 2. The minimum Gasteiger partial charge on any atom is -0.489 e. The van der Waals surface area contributed by atoms with E-state index in [0.29, 0.717) is 32.4 Å². The number of carbonyl (C=O) groups is 2. The summed E-state index contributed by atoms with van der Waals surface area (Å²) in [6, 6.07) is 22.7. The number of pyridine rings is 1. The molecule has 6 heteroatoms. The lowest BCUT2D eigenvalue weighted by molar-refractivity contribution is -0.129. The summed E-state index contributed by atoms with van der Waals surface area (Å²) in [5.41, 5.74) is 2.97. The summed E-state index contributed by atoms with van der Waals surface area (Å²) in [7, 11) is 0. The second-order valence-corrected chi connectivity index (χ2v) is 8.21. The van der Waals surface area contributed by atoms with Crippen LogP contribution in [0.4, 0.5) is 0 Å². The molecule has 1 atom stereocenters. The van der Waals surface area contributed by atoms with Crippen LogP contribution < -0.4 is 15.4 Å². The number of nitrogens with one attached hydrogen (secondary N) is 2. The van der Waals surface area contributed by atoms with Crippen molar-refractivity contribution in [2.75, 3.05) is 6.54 Å². The highest BCUT2D eigenvalue weighted by Gasteiger charge is 2.21. The molecule has 0 radical (unpaired) electrons. The lowest BCUT2D eigenvalue weighted by Gasteiger charge is -2.19. The zero-order chi connectivity index (χ0) is 24.0. The predicted molar refractivity (Wildman–Crippen MR) is 133 cm³/mol. The number of hydrogen-bond donors (Lipinski definition) is 2. The van der Waals surface area contributed by atoms with Gasteiger partial charge in [0.15, 0.2) is 0 Å². The van der Waals surface area contributed by atoms with Crippen LogP contribution in [0.5, 0.6) is 5.75 Å². The summed E-state index contributed by atoms with van der Waals surface area (Å²) in [4.78, 5) is 29.5. The van der Waals surface area contributed by atoms with Crippen LogP contribution in [0.3, 0.4) is 0 Å². The molecule has 1 heterocycles. The standard InChI is InChI=1S/C28H33N3O3/c1-2-3-12-27(32)31-26(28(33)30-19-17-24-11-7-8-18-29-24)20-22-13-15-25(16-14-22)34-21-23-9-5-4-6-10-23/h4-11,13-16,18,26H,2-3,12,17,19-21H2,1H3,(H,30,33)(H,31,32). The van der Waals surface area contributed by atoms with E-state index in [1.54, 1.807) is 6.20 Å². The molecule has 0 bridgehead atoms. The number of ether oxygens (including phenoxy) is 1. The first kappa shape index (κ1) is 25.0. The molecule has 0 aliphatic carbocycles. The third-order valence-electron chi connectivity index (χ3n) is 5.43. The predicted octanol–water partition coefficient (Wildman–Crippen LogP) is 4.24. The summed E-state index contributed by atoms with van der Waals surface area (Å²) in [6.07, 6.45) is 4.93. The second-order valence-electron chi connectivity index (χ2n) is 8.21. The van der Waals surface area contributed by atoms with E-state index in [9.17, 15) is 9.59 Å². The zero-order valence-corrected chi connectivity index (χ0v) is 19.7. The van der Waals surface area contributed by atoms with Crippen LogP contribution in [-0.2, 0) is 29.0 Å². The average molecular weight is 460 g/mol. The summed E-state index contributed by atoms with van der Waals surface area (Å²) in [5, 5.41) is 5.86. The molecule has 0 saturated heterocycles. The van der Waals surface area contributed by atoms with Crippen molar-refractivity contribution in [1.29, 1.82) is 0 Å². The smallest absolute Gasteiger partial charge is 0.242 e. The monoisotopic (exact) mass is 459 g/mol. The topological polar surface area (TPSA) is 80.3 Å². The van der Waals surface area contributed by atoms with Gasteiger partial charge in [-0.15, -0.1) is 0 Å². The molecule has 0 saturated carbocycles. The molecule has 6 nitrogen and oxygen atoms in total. The fourth-order valence-electron chi connectivity index (χ4n) is 3.49. The largest absolute Gasteiger partial charge is 0.489 e. The molecule has 2 aromatic carbocycles. The van der Waals surface area contributed by atoms with Gasteiger partial charge in [0.25, 0.3) is 0 Å². The highest BCUT2D eigenvalue weighted by molar-refractivity contribution is 5.87. The number of rotatable bonds is 13. The van der Waals surface area contributed by atoms with Crippen LogP contribution in [0, 0.1) is 0 Å². The first-order valence-electron chi connectivity index (χ1n) is 11.9. The number of unbranched alkanes of at least 4 members (excludes halogenated alkanes) is 1. The van der Waals surface area contributed by atoms with E-state index in [-0.39, 0.29) is 11.8 Å². The number of aromatic nitrogens is 1. The molecule has 0 fully saturated rings. The number of hydrogen-bond acceptors (Lipinski definition) is 4. The van der Waals surface area contributed by atoms with Gasteiger partial charge in [0.1, 0.15) is 18.4 Å². The average Bonchev–Trinajstić information content (AvgIpc) is 2.88. The van der Waals surface area contributed by atoms with E-state index in [2.05, 4.69) is 15.6 Å². The fraction of sp³-hybridized carbons (Fsp3) is 0.321. The molecule has 1 unspecified atom stereocenters. The van der Waals surface area contributed by atoms with Crippen molar-refractivity contribution < 1.29 is 14.3 Å². The van der Waals surface area contributed by atoms with Crippen molar-refractivity contribution in [2.45, 2.75) is 51.7 Å². The van der Waals surface area contributed by atoms with E-state index in [4.69, 9.17) is 4.74 Å². The quantitative estimate of drug-likeness (QED) is 0.401. The molecule has 34 heavy (non-hydrogen) atoms. The van der Waals surface area contributed by atoms with E-state index in [1.807, 2.05) is 79.7 Å². The molecular formula is C28H33N3O3. The molecule has 2 amide bonds. The molecule has 3 rings (SSSR count). The van der Waals surface area contributed by atoms with Gasteiger partial charge in [-0.1, -0.05) is 61.9 Å². The highest BCUT2D eigenvalue weighted by Crippen LogP contribution is 2.15. The maximum Gasteiger partial charge on any atom is 0.242 e. The summed E-state index contributed by atoms with van der Waals surface area (Å²) in [5.74, 6) is 0.468. The Kier molecular flexibility index (Phi) is 10.1. The van der Waals surface area contributed by atoms with Crippen molar-refractivity contribution in [3.8, 4) is 5.75 Å². The van der Waals surface area contributed by atoms with Gasteiger partial charge in [-0.3, -0.25) is 14.6 Å². The van der Waals surface area contributed by atoms with Crippen molar-refractivity contribution in [3.05, 3.63) is 95.8 Å². The lowest BCUT2D eigenvalue weighted by atomic mass is 10.0. The van der Waals surface area contributed by atoms with Crippen LogP contribution in [0.2, 0.25) is 0 Å². The van der Waals surface area contributed by atoms with Crippen LogP contribution in [-0.4, -0.2) is 29.4 Å². The Morgan fingerprint density at radius 1 is 0.941 bits per heavy atom. The third-order valence-corrected chi connectivity index (χ3v) is 5.43. The van der Waals surface area contributed by atoms with Gasteiger partial charge in [0.2, 0.25) is 11.8 Å². The second kappa shape index (κ2) is 13.8. The molecule has 3 aromatic rings. The summed E-state index contributed by atoms with van der Waals surface area (Å²) >= 11 is 0. The Bertz CT molecular complexity index is 1010. The van der Waals surface area contributed by atoms with Crippen molar-refractivity contribution in [2.24, 2.45) is 0 Å². The van der Waals surface area contributed by atoms with Gasteiger partial charge in [-0.25, -0.2) is 0 Å². The minimum atomic E-state index is -0.635. The Balaban J connectivity index is 1.56. The Hall–Kier alpha value is -3.67.